The molecule has 0 N–H and O–H groups in total. The van der Waals surface area contributed by atoms with Crippen LogP contribution in [0.2, 0.25) is 0 Å². The molecule has 1 nitrogen and oxygen atoms in total. The number of allylic oxidation sites excluding steroid dienone is 4. The molecule has 2 unspecified atom stereocenters. The highest BCUT2D eigenvalue weighted by Gasteiger charge is 2.65. The van der Waals surface area contributed by atoms with Crippen LogP contribution in [0.3, 0.4) is 0 Å². The fraction of sp³-hybridized carbons (Fsp3) is 0.261. The molecule has 4 saturated carbocycles. The van der Waals surface area contributed by atoms with Crippen molar-refractivity contribution in [3.63, 3.8) is 0 Å². The third-order valence-corrected chi connectivity index (χ3v) is 12.8. The lowest BCUT2D eigenvalue weighted by Crippen LogP contribution is -2.58. The molecule has 11 rings (SSSR count). The van der Waals surface area contributed by atoms with Crippen LogP contribution in [-0.4, -0.2) is 0 Å². The summed E-state index contributed by atoms with van der Waals surface area (Å²) < 4.78 is 0. The molecule has 47 heavy (non-hydrogen) atoms. The monoisotopic (exact) mass is 607 g/mol. The second-order valence-corrected chi connectivity index (χ2v) is 15.0. The predicted octanol–water partition coefficient (Wildman–Crippen LogP) is 11.7. The van der Waals surface area contributed by atoms with E-state index < -0.39 is 0 Å². The molecule has 2 atom stereocenters. The van der Waals surface area contributed by atoms with Gasteiger partial charge in [0.15, 0.2) is 0 Å². The van der Waals surface area contributed by atoms with Gasteiger partial charge in [0.05, 0.1) is 0 Å². The lowest BCUT2D eigenvalue weighted by molar-refractivity contribution is -0.0765. The van der Waals surface area contributed by atoms with E-state index in [2.05, 4.69) is 157 Å². The van der Waals surface area contributed by atoms with Crippen LogP contribution in [0.1, 0.15) is 49.1 Å². The Morgan fingerprint density at radius 1 is 0.489 bits per heavy atom. The van der Waals surface area contributed by atoms with Gasteiger partial charge < -0.3 is 4.90 Å². The van der Waals surface area contributed by atoms with Gasteiger partial charge in [-0.25, -0.2) is 0 Å². The summed E-state index contributed by atoms with van der Waals surface area (Å²) in [6.07, 6.45) is 14.7. The highest BCUT2D eigenvalue weighted by molar-refractivity contribution is 5.76. The molecule has 6 aliphatic carbocycles. The highest BCUT2D eigenvalue weighted by Crippen LogP contribution is 2.72. The minimum atomic E-state index is 0.281. The third-order valence-electron chi connectivity index (χ3n) is 12.8. The summed E-state index contributed by atoms with van der Waals surface area (Å²) in [5.74, 6) is 4.44. The summed E-state index contributed by atoms with van der Waals surface area (Å²) in [5, 5.41) is 0. The maximum Gasteiger partial charge on any atom is 0.0459 e. The van der Waals surface area contributed by atoms with E-state index in [4.69, 9.17) is 0 Å². The van der Waals surface area contributed by atoms with Crippen LogP contribution in [0.5, 0.6) is 0 Å². The first-order valence-corrected chi connectivity index (χ1v) is 17.9. The summed E-state index contributed by atoms with van der Waals surface area (Å²) >= 11 is 0. The Morgan fingerprint density at radius 2 is 1.00 bits per heavy atom. The first-order valence-electron chi connectivity index (χ1n) is 17.9. The van der Waals surface area contributed by atoms with E-state index in [9.17, 15) is 0 Å². The Morgan fingerprint density at radius 3 is 1.64 bits per heavy atom. The number of fused-ring (bicyclic) bond motifs is 3. The number of benzene rings is 5. The molecule has 0 aromatic heterocycles. The Balaban J connectivity index is 1.04. The largest absolute Gasteiger partial charge is 0.314 e. The van der Waals surface area contributed by atoms with Gasteiger partial charge in [-0.05, 0) is 125 Å². The maximum atomic E-state index is 2.63. The summed E-state index contributed by atoms with van der Waals surface area (Å²) in [6, 6.07) is 49.6. The van der Waals surface area contributed by atoms with Crippen molar-refractivity contribution in [3.05, 3.63) is 169 Å². The van der Waals surface area contributed by atoms with Gasteiger partial charge in [0.25, 0.3) is 0 Å². The van der Waals surface area contributed by atoms with Crippen LogP contribution in [0, 0.1) is 29.6 Å². The van der Waals surface area contributed by atoms with Crippen molar-refractivity contribution < 1.29 is 0 Å². The zero-order chi connectivity index (χ0) is 31.0. The van der Waals surface area contributed by atoms with Crippen molar-refractivity contribution >= 4 is 11.4 Å². The first kappa shape index (κ1) is 27.5. The fourth-order valence-corrected chi connectivity index (χ4v) is 11.3. The lowest BCUT2D eigenvalue weighted by Gasteiger charge is -2.63. The van der Waals surface area contributed by atoms with Gasteiger partial charge in [0.1, 0.15) is 0 Å². The number of hydrogen-bond acceptors (Lipinski definition) is 1. The lowest BCUT2D eigenvalue weighted by atomic mass is 9.41. The Labute approximate surface area is 279 Å². The molecule has 0 heterocycles. The molecule has 1 heteroatoms. The highest BCUT2D eigenvalue weighted by atomic mass is 15.2. The second kappa shape index (κ2) is 10.7. The molecule has 4 bridgehead atoms. The van der Waals surface area contributed by atoms with Crippen molar-refractivity contribution in [2.24, 2.45) is 29.6 Å². The summed E-state index contributed by atoms with van der Waals surface area (Å²) in [5.41, 5.74) is 12.4. The van der Waals surface area contributed by atoms with Crippen LogP contribution in [-0.2, 0) is 5.41 Å². The average molecular weight is 608 g/mol. The number of hydrogen-bond donors (Lipinski definition) is 0. The zero-order valence-corrected chi connectivity index (χ0v) is 26.9. The van der Waals surface area contributed by atoms with Crippen LogP contribution < -0.4 is 4.90 Å². The smallest absolute Gasteiger partial charge is 0.0459 e. The molecule has 0 saturated heterocycles. The maximum absolute atomic E-state index is 2.63. The van der Waals surface area contributed by atoms with E-state index in [1.807, 2.05) is 0 Å². The standard InChI is InChI=1S/C46H41N/c1-3-10-33(11-4-1)34-18-20-35(21-19-34)36-22-24-40(25-23-36)47(39-12-5-2-6-13-39)44-17-9-16-43-45(44)41-14-7-8-15-42(41)46(43)37-27-31-26-32(29-37)30-38(46)28-31/h1-25,31-32,37-38,43,45H,26-30H2. The minimum absolute atomic E-state index is 0.281. The molecule has 5 aromatic carbocycles. The molecule has 0 radical (unpaired) electrons. The van der Waals surface area contributed by atoms with E-state index in [-0.39, 0.29) is 5.41 Å². The Hall–Kier alpha value is -4.62. The van der Waals surface area contributed by atoms with E-state index in [1.165, 1.54) is 71.4 Å². The van der Waals surface area contributed by atoms with Crippen molar-refractivity contribution in [2.75, 3.05) is 4.90 Å². The molecule has 6 aliphatic rings. The van der Waals surface area contributed by atoms with Crippen LogP contribution >= 0.6 is 0 Å². The van der Waals surface area contributed by atoms with Gasteiger partial charge in [0, 0.05) is 28.4 Å². The van der Waals surface area contributed by atoms with Crippen molar-refractivity contribution in [2.45, 2.75) is 43.4 Å². The minimum Gasteiger partial charge on any atom is -0.314 e. The van der Waals surface area contributed by atoms with Gasteiger partial charge in [-0.2, -0.15) is 0 Å². The third kappa shape index (κ3) is 4.15. The SMILES string of the molecule is C1=CC2C(C(N(c3ccccc3)c3ccc(-c4ccc(-c5ccccc5)cc4)cc3)=C1)c1ccccc1C21C2CC3CC(C2)CC1C3. The number of rotatable bonds is 5. The molecular formula is C46H41N. The first-order chi connectivity index (χ1) is 23.3. The zero-order valence-electron chi connectivity index (χ0n) is 26.9. The quantitative estimate of drug-likeness (QED) is 0.192. The molecule has 0 amide bonds. The topological polar surface area (TPSA) is 3.24 Å². The summed E-state index contributed by atoms with van der Waals surface area (Å²) in [4.78, 5) is 2.56. The van der Waals surface area contributed by atoms with E-state index in [1.54, 1.807) is 11.1 Å². The normalized spacial score (nSPS) is 29.4. The Kier molecular flexibility index (Phi) is 6.26. The van der Waals surface area contributed by atoms with Gasteiger partial charge in [-0.1, -0.05) is 121 Å². The van der Waals surface area contributed by atoms with Gasteiger partial charge in [-0.15, -0.1) is 0 Å². The van der Waals surface area contributed by atoms with E-state index in [0.29, 0.717) is 11.8 Å². The predicted molar refractivity (Wildman–Crippen MR) is 195 cm³/mol. The van der Waals surface area contributed by atoms with Crippen LogP contribution in [0.15, 0.2) is 157 Å². The van der Waals surface area contributed by atoms with Crippen LogP contribution in [0.4, 0.5) is 11.4 Å². The van der Waals surface area contributed by atoms with E-state index >= 15 is 0 Å². The van der Waals surface area contributed by atoms with Crippen molar-refractivity contribution in [1.29, 1.82) is 0 Å². The molecule has 230 valence electrons. The summed E-state index contributed by atoms with van der Waals surface area (Å²) in [7, 11) is 0. The van der Waals surface area contributed by atoms with Gasteiger partial charge in [0.2, 0.25) is 0 Å². The number of nitrogens with zero attached hydrogens (tertiary/aromatic N) is 1. The van der Waals surface area contributed by atoms with Crippen molar-refractivity contribution in [1.82, 2.24) is 0 Å². The van der Waals surface area contributed by atoms with Gasteiger partial charge in [-0.3, -0.25) is 0 Å². The fourth-order valence-electron chi connectivity index (χ4n) is 11.3. The number of anilines is 2. The molecular weight excluding hydrogens is 567 g/mol. The van der Waals surface area contributed by atoms with E-state index in [0.717, 1.165) is 23.7 Å². The van der Waals surface area contributed by atoms with Crippen molar-refractivity contribution in [3.8, 4) is 22.3 Å². The molecule has 5 aromatic rings. The summed E-state index contributed by atoms with van der Waals surface area (Å²) in [6.45, 7) is 0. The number of para-hydroxylation sites is 1. The van der Waals surface area contributed by atoms with Crippen LogP contribution in [0.25, 0.3) is 22.3 Å². The molecule has 0 aliphatic heterocycles. The Bertz CT molecular complexity index is 1950. The van der Waals surface area contributed by atoms with Gasteiger partial charge >= 0.3 is 0 Å². The molecule has 4 fully saturated rings. The molecule has 1 spiro atoms. The average Bonchev–Trinajstić information content (AvgIpc) is 3.43. The second-order valence-electron chi connectivity index (χ2n) is 15.0.